The van der Waals surface area contributed by atoms with Crippen LogP contribution in [0.4, 0.5) is 0 Å². The molecule has 0 aliphatic heterocycles. The number of hydrogen-bond acceptors (Lipinski definition) is 4. The molecule has 1 atom stereocenters. The van der Waals surface area contributed by atoms with Crippen LogP contribution in [0.15, 0.2) is 34.9 Å². The Hall–Kier alpha value is -1.94. The summed E-state index contributed by atoms with van der Waals surface area (Å²) < 4.78 is 15.9. The Morgan fingerprint density at radius 3 is 2.17 bits per heavy atom. The second-order valence-corrected chi connectivity index (χ2v) is 4.09. The molecule has 0 radical (unpaired) electrons. The summed E-state index contributed by atoms with van der Waals surface area (Å²) in [5.41, 5.74) is 8.13. The normalized spacial score (nSPS) is 12.2. The molecule has 1 heterocycles. The van der Waals surface area contributed by atoms with E-state index in [0.29, 0.717) is 11.5 Å². The molecule has 0 spiro atoms. The molecule has 0 fully saturated rings. The van der Waals surface area contributed by atoms with Crippen LogP contribution in [-0.4, -0.2) is 14.2 Å². The number of rotatable bonds is 4. The zero-order valence-corrected chi connectivity index (χ0v) is 10.8. The van der Waals surface area contributed by atoms with E-state index in [1.54, 1.807) is 20.5 Å². The lowest BCUT2D eigenvalue weighted by Gasteiger charge is -2.13. The molecular weight excluding hydrogens is 230 g/mol. The smallest absolute Gasteiger partial charge is 0.127 e. The van der Waals surface area contributed by atoms with Crippen molar-refractivity contribution in [1.29, 1.82) is 0 Å². The molecule has 2 aromatic rings. The Bertz CT molecular complexity index is 511. The lowest BCUT2D eigenvalue weighted by atomic mass is 10.0. The van der Waals surface area contributed by atoms with Gasteiger partial charge in [-0.25, -0.2) is 0 Å². The average Bonchev–Trinajstić information content (AvgIpc) is 2.83. The van der Waals surface area contributed by atoms with Crippen molar-refractivity contribution in [2.24, 2.45) is 5.73 Å². The summed E-state index contributed by atoms with van der Waals surface area (Å²) in [6.45, 7) is 1.97. The van der Waals surface area contributed by atoms with E-state index in [1.807, 2.05) is 31.2 Å². The maximum absolute atomic E-state index is 6.20. The van der Waals surface area contributed by atoms with Gasteiger partial charge < -0.3 is 19.6 Å². The average molecular weight is 247 g/mol. The highest BCUT2D eigenvalue weighted by atomic mass is 16.5. The molecule has 0 saturated carbocycles. The van der Waals surface area contributed by atoms with Crippen LogP contribution in [0, 0.1) is 6.92 Å². The number of furan rings is 1. The van der Waals surface area contributed by atoms with E-state index in [4.69, 9.17) is 19.6 Å². The van der Waals surface area contributed by atoms with Crippen LogP contribution in [0.1, 0.15) is 22.9 Å². The third kappa shape index (κ3) is 2.33. The number of ether oxygens (including phenoxy) is 2. The van der Waals surface area contributed by atoms with E-state index < -0.39 is 0 Å². The summed E-state index contributed by atoms with van der Waals surface area (Å²) in [5.74, 6) is 2.18. The van der Waals surface area contributed by atoms with E-state index in [2.05, 4.69) is 0 Å². The maximum atomic E-state index is 6.20. The van der Waals surface area contributed by atoms with E-state index in [-0.39, 0.29) is 6.04 Å². The highest BCUT2D eigenvalue weighted by Gasteiger charge is 2.16. The molecule has 96 valence electrons. The minimum absolute atomic E-state index is 0.330. The quantitative estimate of drug-likeness (QED) is 0.902. The zero-order chi connectivity index (χ0) is 13.1. The van der Waals surface area contributed by atoms with Crippen molar-refractivity contribution in [3.05, 3.63) is 47.4 Å². The van der Waals surface area contributed by atoms with Gasteiger partial charge in [-0.2, -0.15) is 0 Å². The summed E-state index contributed by atoms with van der Waals surface area (Å²) in [5, 5.41) is 0. The van der Waals surface area contributed by atoms with E-state index in [9.17, 15) is 0 Å². The summed E-state index contributed by atoms with van der Waals surface area (Å²) in [4.78, 5) is 0. The molecule has 0 bridgehead atoms. The van der Waals surface area contributed by atoms with Gasteiger partial charge in [0.25, 0.3) is 0 Å². The minimum Gasteiger partial charge on any atom is -0.497 e. The van der Waals surface area contributed by atoms with Gasteiger partial charge in [0.05, 0.1) is 26.5 Å². The van der Waals surface area contributed by atoms with Gasteiger partial charge in [0.2, 0.25) is 0 Å². The van der Waals surface area contributed by atoms with Crippen molar-refractivity contribution in [1.82, 2.24) is 0 Å². The van der Waals surface area contributed by atoms with Crippen LogP contribution in [-0.2, 0) is 0 Å². The summed E-state index contributed by atoms with van der Waals surface area (Å²) >= 11 is 0. The fraction of sp³-hybridized carbons (Fsp3) is 0.286. The summed E-state index contributed by atoms with van der Waals surface area (Å²) in [6.07, 6.45) is 1.64. The lowest BCUT2D eigenvalue weighted by molar-refractivity contribution is 0.392. The number of aryl methyl sites for hydroxylation is 1. The molecule has 0 amide bonds. The molecule has 0 aliphatic rings. The predicted octanol–water partition coefficient (Wildman–Crippen LogP) is 2.65. The van der Waals surface area contributed by atoms with E-state index in [0.717, 1.165) is 16.9 Å². The topological polar surface area (TPSA) is 57.6 Å². The zero-order valence-electron chi connectivity index (χ0n) is 10.8. The van der Waals surface area contributed by atoms with Crippen LogP contribution >= 0.6 is 0 Å². The Labute approximate surface area is 106 Å². The van der Waals surface area contributed by atoms with Crippen molar-refractivity contribution in [3.63, 3.8) is 0 Å². The van der Waals surface area contributed by atoms with Crippen molar-refractivity contribution in [2.75, 3.05) is 14.2 Å². The first-order valence-electron chi connectivity index (χ1n) is 5.68. The van der Waals surface area contributed by atoms with Gasteiger partial charge in [0, 0.05) is 6.07 Å². The van der Waals surface area contributed by atoms with Gasteiger partial charge in [-0.15, -0.1) is 0 Å². The Kier molecular flexibility index (Phi) is 3.58. The molecule has 4 heteroatoms. The van der Waals surface area contributed by atoms with Crippen molar-refractivity contribution >= 4 is 0 Å². The van der Waals surface area contributed by atoms with Crippen molar-refractivity contribution < 1.29 is 13.9 Å². The Balaban J connectivity index is 2.41. The van der Waals surface area contributed by atoms with Gasteiger partial charge in [0.15, 0.2) is 0 Å². The van der Waals surface area contributed by atoms with Gasteiger partial charge in [-0.3, -0.25) is 0 Å². The molecule has 4 nitrogen and oxygen atoms in total. The van der Waals surface area contributed by atoms with Crippen LogP contribution in [0.3, 0.4) is 0 Å². The Morgan fingerprint density at radius 1 is 1.11 bits per heavy atom. The van der Waals surface area contributed by atoms with Gasteiger partial charge in [-0.1, -0.05) is 0 Å². The van der Waals surface area contributed by atoms with Crippen molar-refractivity contribution in [3.8, 4) is 11.5 Å². The van der Waals surface area contributed by atoms with Crippen molar-refractivity contribution in [2.45, 2.75) is 13.0 Å². The third-order valence-electron chi connectivity index (χ3n) is 2.92. The highest BCUT2D eigenvalue weighted by molar-refractivity contribution is 5.42. The van der Waals surface area contributed by atoms with Crippen LogP contribution < -0.4 is 15.2 Å². The molecule has 2 N–H and O–H groups in total. The molecule has 1 unspecified atom stereocenters. The molecule has 18 heavy (non-hydrogen) atoms. The first kappa shape index (κ1) is 12.5. The van der Waals surface area contributed by atoms with Crippen LogP contribution in [0.25, 0.3) is 0 Å². The van der Waals surface area contributed by atoms with Crippen LogP contribution in [0.5, 0.6) is 11.5 Å². The predicted molar refractivity (Wildman–Crippen MR) is 69.0 cm³/mol. The maximum Gasteiger partial charge on any atom is 0.127 e. The largest absolute Gasteiger partial charge is 0.497 e. The first-order valence-corrected chi connectivity index (χ1v) is 5.68. The van der Waals surface area contributed by atoms with Gasteiger partial charge in [-0.05, 0) is 36.2 Å². The summed E-state index contributed by atoms with van der Waals surface area (Å²) in [7, 11) is 3.23. The summed E-state index contributed by atoms with van der Waals surface area (Å²) in [6, 6.07) is 7.14. The second-order valence-electron chi connectivity index (χ2n) is 4.09. The molecular formula is C14H17NO3. The van der Waals surface area contributed by atoms with Gasteiger partial charge in [0.1, 0.15) is 17.3 Å². The van der Waals surface area contributed by atoms with E-state index in [1.165, 1.54) is 0 Å². The first-order chi connectivity index (χ1) is 8.65. The standard InChI is InChI=1S/C14H17NO3/c1-9-4-5-18-14(9)13(15)10-6-11(16-2)8-12(7-10)17-3/h4-8,13H,15H2,1-3H3. The second kappa shape index (κ2) is 5.14. The lowest BCUT2D eigenvalue weighted by Crippen LogP contribution is -2.12. The number of hydrogen-bond donors (Lipinski definition) is 1. The highest BCUT2D eigenvalue weighted by Crippen LogP contribution is 2.30. The number of nitrogens with two attached hydrogens (primary N) is 1. The molecule has 0 aliphatic carbocycles. The van der Waals surface area contributed by atoms with Crippen LogP contribution in [0.2, 0.25) is 0 Å². The SMILES string of the molecule is COc1cc(OC)cc(C(N)c2occc2C)c1. The number of methoxy groups -OCH3 is 2. The Morgan fingerprint density at radius 2 is 1.72 bits per heavy atom. The fourth-order valence-electron chi connectivity index (χ4n) is 1.86. The van der Waals surface area contributed by atoms with E-state index >= 15 is 0 Å². The molecule has 1 aromatic carbocycles. The fourth-order valence-corrected chi connectivity index (χ4v) is 1.86. The molecule has 2 rings (SSSR count). The number of benzene rings is 1. The minimum atomic E-state index is -0.330. The molecule has 0 saturated heterocycles. The molecule has 1 aromatic heterocycles. The third-order valence-corrected chi connectivity index (χ3v) is 2.92. The monoisotopic (exact) mass is 247 g/mol. The van der Waals surface area contributed by atoms with Gasteiger partial charge >= 0.3 is 0 Å².